The zero-order valence-electron chi connectivity index (χ0n) is 12.3. The van der Waals surface area contributed by atoms with Crippen LogP contribution in [0.4, 0.5) is 0 Å². The second-order valence-corrected chi connectivity index (χ2v) is 7.06. The molecule has 118 valence electrons. The van der Waals surface area contributed by atoms with E-state index in [9.17, 15) is 0 Å². The van der Waals surface area contributed by atoms with E-state index in [4.69, 9.17) is 21.0 Å². The Morgan fingerprint density at radius 2 is 0.947 bits per heavy atom. The normalized spacial score (nSPS) is 8.32. The summed E-state index contributed by atoms with van der Waals surface area (Å²) in [6.45, 7) is 6.96. The Hall–Kier alpha value is 0.866. The van der Waals surface area contributed by atoms with Gasteiger partial charge in [0.05, 0.1) is 18.5 Å². The van der Waals surface area contributed by atoms with Gasteiger partial charge in [-0.2, -0.15) is 0 Å². The van der Waals surface area contributed by atoms with Gasteiger partial charge in [-0.3, -0.25) is 0 Å². The number of rotatable bonds is 9. The van der Waals surface area contributed by atoms with E-state index >= 15 is 0 Å². The molecule has 0 unspecified atom stereocenters. The van der Waals surface area contributed by atoms with Gasteiger partial charge in [-0.15, -0.1) is 0 Å². The van der Waals surface area contributed by atoms with Crippen molar-refractivity contribution >= 4 is 28.3 Å². The van der Waals surface area contributed by atoms with E-state index in [0.29, 0.717) is 0 Å². The van der Waals surface area contributed by atoms with Crippen molar-refractivity contribution in [2.24, 2.45) is 0 Å². The van der Waals surface area contributed by atoms with Gasteiger partial charge in [0.25, 0.3) is 0 Å². The van der Waals surface area contributed by atoms with Gasteiger partial charge >= 0.3 is 32.9 Å². The van der Waals surface area contributed by atoms with E-state index in [0.717, 1.165) is 0 Å². The first-order valence-corrected chi connectivity index (χ1v) is 12.2. The molecular weight excluding hydrogens is 421 g/mol. The van der Waals surface area contributed by atoms with E-state index in [1.54, 1.807) is 18.5 Å². The van der Waals surface area contributed by atoms with Gasteiger partial charge < -0.3 is 21.0 Å². The first-order chi connectivity index (χ1) is 9.35. The van der Waals surface area contributed by atoms with Crippen molar-refractivity contribution in [2.45, 2.75) is 59.3 Å². The summed E-state index contributed by atoms with van der Waals surface area (Å²) >= 11 is 5.37. The maximum absolute atomic E-state index is 7.25. The molecule has 0 heterocycles. The minimum absolute atomic E-state index is 0.0675. The topological polar surface area (TPSA) is 78.7 Å². The van der Waals surface area contributed by atoms with Gasteiger partial charge in [0.2, 0.25) is 0 Å². The Bertz CT molecular complexity index is 119. The molecule has 0 saturated carbocycles. The van der Waals surface area contributed by atoms with Crippen LogP contribution in [0.25, 0.3) is 11.2 Å². The van der Waals surface area contributed by atoms with E-state index in [-0.39, 0.29) is 7.92 Å². The van der Waals surface area contributed by atoms with Gasteiger partial charge in [-0.25, -0.2) is 0 Å². The summed E-state index contributed by atoms with van der Waals surface area (Å²) in [5, 5.41) is 0. The Morgan fingerprint density at radius 3 is 1.11 bits per heavy atom. The van der Waals surface area contributed by atoms with Crippen LogP contribution in [0, 0.1) is 9.81 Å². The first kappa shape index (κ1) is 28.1. The minimum atomic E-state index is 0.0675. The van der Waals surface area contributed by atoms with Crippen molar-refractivity contribution in [2.75, 3.05) is 18.5 Å². The van der Waals surface area contributed by atoms with Crippen LogP contribution < -0.4 is 0 Å². The summed E-state index contributed by atoms with van der Waals surface area (Å²) in [5.74, 6) is 0. The first-order valence-electron chi connectivity index (χ1n) is 6.67. The smallest absolute Gasteiger partial charge is 0.423 e. The standard InChI is InChI=1S/C12H27P.Co.HI.2NO/c1-4-7-10-13(11-8-5-2)12-9-6-3;;;2*1-2/h4-12H2,1-3H3;;1H;;/q;+3;;2*-1. The number of hydrogen-bond acceptors (Lipinski definition) is 2. The SMILES string of the molecule is CCCC[PH+](CCCC)CCCC.[Co+2][I].[N-]=O.[N-]=O. The fourth-order valence-electron chi connectivity index (χ4n) is 1.66. The molecule has 0 aromatic carbocycles. The third-order valence-electron chi connectivity index (χ3n) is 2.65. The summed E-state index contributed by atoms with van der Waals surface area (Å²) in [4.78, 5) is 14.5. The molecule has 0 saturated heterocycles. The average molecular weight is 449 g/mol. The van der Waals surface area contributed by atoms with Gasteiger partial charge in [0.15, 0.2) is 0 Å². The summed E-state index contributed by atoms with van der Waals surface area (Å²) in [5.41, 5.74) is 11.5. The van der Waals surface area contributed by atoms with Crippen molar-refractivity contribution in [3.63, 3.8) is 0 Å². The van der Waals surface area contributed by atoms with E-state index in [2.05, 4.69) is 33.3 Å². The molecule has 0 amide bonds. The quantitative estimate of drug-likeness (QED) is 0.314. The molecule has 0 fully saturated rings. The van der Waals surface area contributed by atoms with E-state index < -0.39 is 0 Å². The molecule has 0 bridgehead atoms. The van der Waals surface area contributed by atoms with Gasteiger partial charge in [0, 0.05) is 7.92 Å². The molecule has 4 nitrogen and oxygen atoms in total. The van der Waals surface area contributed by atoms with Gasteiger partial charge in [0.1, 0.15) is 0 Å². The summed E-state index contributed by atoms with van der Waals surface area (Å²) in [6, 6.07) is 0. The van der Waals surface area contributed by atoms with Crippen LogP contribution in [0.15, 0.2) is 0 Å². The molecule has 0 aromatic rings. The third kappa shape index (κ3) is 32.4. The van der Waals surface area contributed by atoms with E-state index in [1.807, 2.05) is 20.4 Å². The maximum Gasteiger partial charge on any atom is -0.423 e. The Labute approximate surface area is 139 Å². The molecule has 0 radical (unpaired) electrons. The van der Waals surface area contributed by atoms with Crippen LogP contribution >= 0.6 is 28.3 Å². The van der Waals surface area contributed by atoms with Crippen LogP contribution in [-0.2, 0) is 12.5 Å². The van der Waals surface area contributed by atoms with Crippen molar-refractivity contribution in [1.29, 1.82) is 0 Å². The Morgan fingerprint density at radius 1 is 0.737 bits per heavy atom. The summed E-state index contributed by atoms with van der Waals surface area (Å²) in [7, 11) is 0.0675. The molecule has 0 aliphatic heterocycles. The van der Waals surface area contributed by atoms with Crippen LogP contribution in [0.5, 0.6) is 0 Å². The molecule has 0 atom stereocenters. The molecule has 0 rings (SSSR count). The maximum atomic E-state index is 7.25. The fourth-order valence-corrected chi connectivity index (χ4v) is 4.97. The molecule has 7 heteroatoms. The minimum Gasteiger partial charge on any atom is -0.577 e. The summed E-state index contributed by atoms with van der Waals surface area (Å²) < 4.78 is 0. The average Bonchev–Trinajstić information content (AvgIpc) is 2.52. The molecular formula is C12H28CoIN2O2P+. The van der Waals surface area contributed by atoms with Crippen molar-refractivity contribution in [3.8, 4) is 0 Å². The van der Waals surface area contributed by atoms with Crippen LogP contribution in [0.3, 0.4) is 0 Å². The van der Waals surface area contributed by atoms with Gasteiger partial charge in [-0.1, -0.05) is 40.0 Å². The Balaban J connectivity index is -0.000000163. The number of nitroso groups, excluding NO2 is 2. The molecule has 0 N–H and O–H groups in total. The number of halogens is 1. The molecule has 0 aliphatic rings. The monoisotopic (exact) mass is 449 g/mol. The predicted octanol–water partition coefficient (Wildman–Crippen LogP) is 6.13. The van der Waals surface area contributed by atoms with Crippen molar-refractivity contribution in [3.05, 3.63) is 21.0 Å². The molecule has 0 aliphatic carbocycles. The van der Waals surface area contributed by atoms with Crippen molar-refractivity contribution < 1.29 is 12.5 Å². The fraction of sp³-hybridized carbons (Fsp3) is 1.00. The predicted molar refractivity (Wildman–Crippen MR) is 95.1 cm³/mol. The number of unbranched alkanes of at least 4 members (excludes halogenated alkanes) is 3. The van der Waals surface area contributed by atoms with Crippen LogP contribution in [0.2, 0.25) is 0 Å². The zero-order valence-corrected chi connectivity index (χ0v) is 16.5. The third-order valence-corrected chi connectivity index (χ3v) is 5.83. The van der Waals surface area contributed by atoms with Gasteiger partial charge in [-0.05, 0) is 19.3 Å². The Kier molecular flexibility index (Phi) is 53.8. The second kappa shape index (κ2) is 36.4. The molecule has 19 heavy (non-hydrogen) atoms. The second-order valence-electron chi connectivity index (χ2n) is 4.06. The summed E-state index contributed by atoms with van der Waals surface area (Å²) in [6.07, 6.45) is 13.4. The molecule has 0 aromatic heterocycles. The largest absolute Gasteiger partial charge is 0.577 e. The van der Waals surface area contributed by atoms with Crippen molar-refractivity contribution in [1.82, 2.24) is 0 Å². The zero-order chi connectivity index (χ0) is 15.9. The van der Waals surface area contributed by atoms with Crippen LogP contribution in [-0.4, -0.2) is 18.5 Å². The van der Waals surface area contributed by atoms with E-state index in [1.165, 1.54) is 38.5 Å². The van der Waals surface area contributed by atoms with Crippen LogP contribution in [0.1, 0.15) is 59.3 Å². The number of hydrogen-bond donors (Lipinski definition) is 0. The number of nitrogens with zero attached hydrogens (tertiary/aromatic N) is 2. The molecule has 0 spiro atoms.